The first kappa shape index (κ1) is 65.6. The number of hydrogen-bond acceptors (Lipinski definition) is 6. The highest BCUT2D eigenvalue weighted by atomic mass is 16.6. The summed E-state index contributed by atoms with van der Waals surface area (Å²) < 4.78 is 16.9. The fraction of sp³-hybridized carbons (Fsp3) is 0.730. The monoisotopic (exact) mass is 961 g/mol. The van der Waals surface area contributed by atoms with E-state index in [1.807, 2.05) is 0 Å². The molecule has 0 spiro atoms. The highest BCUT2D eigenvalue weighted by Crippen LogP contribution is 2.15. The molecule has 0 aromatic carbocycles. The maximum Gasteiger partial charge on any atom is 0.306 e. The van der Waals surface area contributed by atoms with Crippen LogP contribution in [-0.2, 0) is 28.6 Å². The fourth-order valence-electron chi connectivity index (χ4n) is 7.99. The van der Waals surface area contributed by atoms with E-state index >= 15 is 0 Å². The molecule has 0 aromatic heterocycles. The molecule has 0 saturated heterocycles. The van der Waals surface area contributed by atoms with E-state index in [9.17, 15) is 14.4 Å². The smallest absolute Gasteiger partial charge is 0.306 e. The number of ether oxygens (including phenoxy) is 3. The molecule has 0 saturated carbocycles. The van der Waals surface area contributed by atoms with Gasteiger partial charge in [-0.15, -0.1) is 0 Å². The molecule has 0 aromatic rings. The summed E-state index contributed by atoms with van der Waals surface area (Å²) >= 11 is 0. The van der Waals surface area contributed by atoms with Gasteiger partial charge in [-0.1, -0.05) is 228 Å². The van der Waals surface area contributed by atoms with Crippen molar-refractivity contribution in [3.63, 3.8) is 0 Å². The van der Waals surface area contributed by atoms with Gasteiger partial charge in [-0.25, -0.2) is 0 Å². The van der Waals surface area contributed by atoms with Crippen molar-refractivity contribution in [3.8, 4) is 0 Å². The minimum absolute atomic E-state index is 0.0924. The second kappa shape index (κ2) is 57.2. The van der Waals surface area contributed by atoms with Crippen LogP contribution in [0.5, 0.6) is 0 Å². The van der Waals surface area contributed by atoms with E-state index in [1.165, 1.54) is 116 Å². The van der Waals surface area contributed by atoms with Crippen LogP contribution in [0.2, 0.25) is 0 Å². The molecule has 1 atom stereocenters. The Hall–Kier alpha value is -3.41. The van der Waals surface area contributed by atoms with Crippen molar-refractivity contribution in [1.29, 1.82) is 0 Å². The fourth-order valence-corrected chi connectivity index (χ4v) is 7.99. The summed E-state index contributed by atoms with van der Waals surface area (Å²) in [5, 5.41) is 0. The highest BCUT2D eigenvalue weighted by molar-refractivity contribution is 5.71. The second-order valence-electron chi connectivity index (χ2n) is 19.2. The predicted molar refractivity (Wildman–Crippen MR) is 297 cm³/mol. The Labute approximate surface area is 426 Å². The van der Waals surface area contributed by atoms with Crippen LogP contribution in [0.1, 0.15) is 278 Å². The van der Waals surface area contributed by atoms with E-state index in [0.717, 1.165) is 122 Å². The zero-order valence-electron chi connectivity index (χ0n) is 45.3. The molecule has 0 aliphatic rings. The number of rotatable bonds is 52. The highest BCUT2D eigenvalue weighted by Gasteiger charge is 2.19. The predicted octanol–water partition coefficient (Wildman–Crippen LogP) is 19.5. The molecule has 69 heavy (non-hydrogen) atoms. The normalized spacial score (nSPS) is 12.7. The summed E-state index contributed by atoms with van der Waals surface area (Å²) in [6.45, 7) is 6.48. The molecule has 0 aliphatic carbocycles. The van der Waals surface area contributed by atoms with Gasteiger partial charge in [0.25, 0.3) is 0 Å². The van der Waals surface area contributed by atoms with Gasteiger partial charge < -0.3 is 14.2 Å². The third-order valence-electron chi connectivity index (χ3n) is 12.4. The first-order valence-electron chi connectivity index (χ1n) is 29.1. The van der Waals surface area contributed by atoms with E-state index < -0.39 is 6.10 Å². The van der Waals surface area contributed by atoms with E-state index in [2.05, 4.69) is 106 Å². The van der Waals surface area contributed by atoms with Crippen molar-refractivity contribution in [2.24, 2.45) is 0 Å². The molecular formula is C63H108O6. The molecule has 0 unspecified atom stereocenters. The summed E-state index contributed by atoms with van der Waals surface area (Å²) in [7, 11) is 0. The lowest BCUT2D eigenvalue weighted by molar-refractivity contribution is -0.167. The molecule has 0 bridgehead atoms. The molecule has 0 aliphatic heterocycles. The van der Waals surface area contributed by atoms with Gasteiger partial charge in [-0.2, -0.15) is 0 Å². The van der Waals surface area contributed by atoms with Crippen molar-refractivity contribution in [3.05, 3.63) is 85.1 Å². The molecule has 396 valence electrons. The summed E-state index contributed by atoms with van der Waals surface area (Å²) in [5.41, 5.74) is 0. The van der Waals surface area contributed by atoms with Gasteiger partial charge in [0.1, 0.15) is 13.2 Å². The van der Waals surface area contributed by atoms with Crippen LogP contribution in [0.25, 0.3) is 0 Å². The molecule has 0 rings (SSSR count). The van der Waals surface area contributed by atoms with E-state index in [0.29, 0.717) is 19.3 Å². The lowest BCUT2D eigenvalue weighted by atomic mass is 10.1. The van der Waals surface area contributed by atoms with Gasteiger partial charge >= 0.3 is 17.9 Å². The molecule has 0 fully saturated rings. The minimum Gasteiger partial charge on any atom is -0.462 e. The lowest BCUT2D eigenvalue weighted by Crippen LogP contribution is -2.30. The number of allylic oxidation sites excluding steroid dienone is 14. The molecular weight excluding hydrogens is 853 g/mol. The number of hydrogen-bond donors (Lipinski definition) is 0. The SMILES string of the molecule is CC/C=C\C/C=C\C/C=C\C/C=C\CCCCCCC(=O)OC[C@H](COC(=O)CCCCCCC/C=C\C/C=C\CCCCC)OC(=O)CCCCCCCCCCC/C=C\CCCCCCCC. The first-order valence-corrected chi connectivity index (χ1v) is 29.1. The molecule has 6 nitrogen and oxygen atoms in total. The van der Waals surface area contributed by atoms with Gasteiger partial charge in [0.05, 0.1) is 0 Å². The molecule has 0 heterocycles. The summed E-state index contributed by atoms with van der Waals surface area (Å²) in [4.78, 5) is 38.2. The zero-order valence-corrected chi connectivity index (χ0v) is 45.3. The standard InChI is InChI=1S/C63H108O6/c1-4-7-10-13-16-19-22-25-28-30-31-33-36-39-42-45-48-51-54-57-63(66)69-60(58-67-61(64)55-52-49-46-43-40-37-34-27-24-21-18-15-12-9-6-3)59-68-62(65)56-53-50-47-44-41-38-35-32-29-26-23-20-17-14-11-8-5-2/h8,11,17-18,20-21,25-29,34-35,38,60H,4-7,9-10,12-16,19,22-24,30-33,36-37,39-59H2,1-3H3/b11-8-,20-17-,21-18-,28-25-,29-26-,34-27-,38-35-/t60-/m0/s1. The number of carbonyl (C=O) groups excluding carboxylic acids is 3. The van der Waals surface area contributed by atoms with Crippen molar-refractivity contribution < 1.29 is 28.6 Å². The summed E-state index contributed by atoms with van der Waals surface area (Å²) in [5.74, 6) is -0.925. The maximum absolute atomic E-state index is 12.9. The number of unbranched alkanes of at least 4 members (excludes halogenated alkanes) is 27. The topological polar surface area (TPSA) is 78.9 Å². The minimum atomic E-state index is -0.795. The van der Waals surface area contributed by atoms with Gasteiger partial charge in [0, 0.05) is 19.3 Å². The van der Waals surface area contributed by atoms with Gasteiger partial charge in [-0.05, 0) is 116 Å². The zero-order chi connectivity index (χ0) is 50.0. The van der Waals surface area contributed by atoms with Crippen LogP contribution in [0.4, 0.5) is 0 Å². The Morgan fingerprint density at radius 2 is 0.565 bits per heavy atom. The van der Waals surface area contributed by atoms with Crippen LogP contribution in [0, 0.1) is 0 Å². The first-order chi connectivity index (χ1) is 34.0. The Kier molecular flexibility index (Phi) is 54.3. The van der Waals surface area contributed by atoms with Crippen LogP contribution in [0.3, 0.4) is 0 Å². The molecule has 0 amide bonds. The van der Waals surface area contributed by atoms with Crippen LogP contribution >= 0.6 is 0 Å². The van der Waals surface area contributed by atoms with Crippen LogP contribution in [0.15, 0.2) is 85.1 Å². The largest absolute Gasteiger partial charge is 0.462 e. The summed E-state index contributed by atoms with van der Waals surface area (Å²) in [6.07, 6.45) is 74.2. The molecule has 6 heteroatoms. The van der Waals surface area contributed by atoms with Crippen LogP contribution < -0.4 is 0 Å². The maximum atomic E-state index is 12.9. The average molecular weight is 962 g/mol. The third kappa shape index (κ3) is 55.4. The van der Waals surface area contributed by atoms with Crippen molar-refractivity contribution in [2.75, 3.05) is 13.2 Å². The lowest BCUT2D eigenvalue weighted by Gasteiger charge is -2.18. The third-order valence-corrected chi connectivity index (χ3v) is 12.4. The summed E-state index contributed by atoms with van der Waals surface area (Å²) in [6, 6.07) is 0. The van der Waals surface area contributed by atoms with Gasteiger partial charge in [-0.3, -0.25) is 14.4 Å². The Balaban J connectivity index is 4.44. The van der Waals surface area contributed by atoms with Crippen molar-refractivity contribution in [2.45, 2.75) is 284 Å². The second-order valence-corrected chi connectivity index (χ2v) is 19.2. The van der Waals surface area contributed by atoms with E-state index in [1.54, 1.807) is 0 Å². The Morgan fingerprint density at radius 3 is 0.928 bits per heavy atom. The molecule has 0 N–H and O–H groups in total. The Bertz CT molecular complexity index is 1330. The van der Waals surface area contributed by atoms with Crippen molar-refractivity contribution >= 4 is 17.9 Å². The average Bonchev–Trinajstić information content (AvgIpc) is 3.35. The van der Waals surface area contributed by atoms with Crippen molar-refractivity contribution in [1.82, 2.24) is 0 Å². The Morgan fingerprint density at radius 1 is 0.304 bits per heavy atom. The molecule has 0 radical (unpaired) electrons. The van der Waals surface area contributed by atoms with Crippen LogP contribution in [-0.4, -0.2) is 37.2 Å². The van der Waals surface area contributed by atoms with Gasteiger partial charge in [0.2, 0.25) is 0 Å². The quantitative estimate of drug-likeness (QED) is 0.0262. The van der Waals surface area contributed by atoms with Gasteiger partial charge in [0.15, 0.2) is 6.10 Å². The number of esters is 3. The van der Waals surface area contributed by atoms with E-state index in [-0.39, 0.29) is 31.1 Å². The number of carbonyl (C=O) groups is 3. The van der Waals surface area contributed by atoms with E-state index in [4.69, 9.17) is 14.2 Å².